The third-order valence-corrected chi connectivity index (χ3v) is 2.41. The topological polar surface area (TPSA) is 65.4 Å². The van der Waals surface area contributed by atoms with Crippen molar-refractivity contribution in [2.75, 3.05) is 30.4 Å². The second-order valence-corrected chi connectivity index (χ2v) is 3.45. The van der Waals surface area contributed by atoms with Crippen LogP contribution in [0.25, 0.3) is 0 Å². The number of fused-ring (bicyclic) bond motifs is 1. The van der Waals surface area contributed by atoms with E-state index in [1.807, 2.05) is 12.1 Å². The lowest BCUT2D eigenvalue weighted by molar-refractivity contribution is -0.115. The van der Waals surface area contributed by atoms with Gasteiger partial charge in [0.15, 0.2) is 0 Å². The smallest absolute Gasteiger partial charge is 0.243 e. The van der Waals surface area contributed by atoms with E-state index in [4.69, 9.17) is 10.00 Å². The van der Waals surface area contributed by atoms with Gasteiger partial charge < -0.3 is 15.0 Å². The number of hydrogen-bond acceptors (Lipinski definition) is 4. The molecule has 82 valence electrons. The van der Waals surface area contributed by atoms with E-state index in [-0.39, 0.29) is 19.0 Å². The normalized spacial score (nSPS) is 13.8. The fraction of sp³-hybridized carbons (Fsp3) is 0.273. The Labute approximate surface area is 93.2 Å². The number of carbonyl (C=O) groups excluding carboxylic acids is 1. The van der Waals surface area contributed by atoms with Gasteiger partial charge in [0.25, 0.3) is 0 Å². The van der Waals surface area contributed by atoms with Crippen molar-refractivity contribution in [1.29, 1.82) is 5.26 Å². The summed E-state index contributed by atoms with van der Waals surface area (Å²) in [5.41, 5.74) is 1.54. The average molecular weight is 217 g/mol. The van der Waals surface area contributed by atoms with Crippen molar-refractivity contribution in [2.24, 2.45) is 0 Å². The molecule has 1 aromatic carbocycles. The number of nitrogens with zero attached hydrogens (tertiary/aromatic N) is 2. The van der Waals surface area contributed by atoms with Crippen molar-refractivity contribution < 1.29 is 9.53 Å². The third-order valence-electron chi connectivity index (χ3n) is 2.41. The maximum absolute atomic E-state index is 11.4. The first-order valence-electron chi connectivity index (χ1n) is 4.84. The van der Waals surface area contributed by atoms with Gasteiger partial charge in [0, 0.05) is 6.07 Å². The molecule has 1 amide bonds. The van der Waals surface area contributed by atoms with Crippen molar-refractivity contribution in [3.05, 3.63) is 18.2 Å². The summed E-state index contributed by atoms with van der Waals surface area (Å²) in [6.07, 6.45) is 0. The van der Waals surface area contributed by atoms with Crippen LogP contribution in [0.1, 0.15) is 0 Å². The summed E-state index contributed by atoms with van der Waals surface area (Å²) in [5.74, 6) is 0.564. The molecule has 1 aliphatic rings. The van der Waals surface area contributed by atoms with Gasteiger partial charge in [0.1, 0.15) is 12.3 Å². The first-order chi connectivity index (χ1) is 7.74. The predicted octanol–water partition coefficient (Wildman–Crippen LogP) is 0.977. The summed E-state index contributed by atoms with van der Waals surface area (Å²) in [6.45, 7) is 0.416. The lowest BCUT2D eigenvalue weighted by Crippen LogP contribution is -2.38. The van der Waals surface area contributed by atoms with Gasteiger partial charge in [-0.2, -0.15) is 5.26 Å². The molecule has 1 N–H and O–H groups in total. The average Bonchev–Trinajstić information content (AvgIpc) is 2.28. The number of benzene rings is 1. The van der Waals surface area contributed by atoms with Crippen molar-refractivity contribution in [3.8, 4) is 11.8 Å². The highest BCUT2D eigenvalue weighted by molar-refractivity contribution is 6.01. The van der Waals surface area contributed by atoms with E-state index in [1.54, 1.807) is 24.1 Å². The molecule has 0 aliphatic carbocycles. The third kappa shape index (κ3) is 1.77. The summed E-state index contributed by atoms with van der Waals surface area (Å²) in [7, 11) is 1.57. The molecule has 1 aromatic rings. The number of anilines is 2. The standard InChI is InChI=1S/C11H11N3O2/c1-16-8-2-3-10-9(6-8)13-11(15)7-14(10)5-4-12/h2-3,6H,5,7H2,1H3,(H,13,15). The summed E-state index contributed by atoms with van der Waals surface area (Å²) < 4.78 is 5.08. The Morgan fingerprint density at radius 3 is 3.12 bits per heavy atom. The molecule has 1 heterocycles. The zero-order chi connectivity index (χ0) is 11.5. The van der Waals surface area contributed by atoms with Gasteiger partial charge in [-0.3, -0.25) is 4.79 Å². The van der Waals surface area contributed by atoms with Crippen LogP contribution in [0.3, 0.4) is 0 Å². The summed E-state index contributed by atoms with van der Waals surface area (Å²) in [5, 5.41) is 11.4. The zero-order valence-electron chi connectivity index (χ0n) is 8.86. The number of amides is 1. The summed E-state index contributed by atoms with van der Waals surface area (Å²) in [4.78, 5) is 13.1. The van der Waals surface area contributed by atoms with Crippen LogP contribution in [0.5, 0.6) is 5.75 Å². The zero-order valence-corrected chi connectivity index (χ0v) is 8.86. The van der Waals surface area contributed by atoms with Crippen LogP contribution in [0, 0.1) is 11.3 Å². The molecular formula is C11H11N3O2. The molecule has 16 heavy (non-hydrogen) atoms. The molecule has 0 atom stereocenters. The first kappa shape index (κ1) is 10.3. The molecule has 2 rings (SSSR count). The van der Waals surface area contributed by atoms with E-state index in [0.29, 0.717) is 11.4 Å². The number of nitriles is 1. The van der Waals surface area contributed by atoms with Crippen LogP contribution >= 0.6 is 0 Å². The van der Waals surface area contributed by atoms with E-state index in [0.717, 1.165) is 5.69 Å². The highest BCUT2D eigenvalue weighted by Crippen LogP contribution is 2.32. The quantitative estimate of drug-likeness (QED) is 0.750. The lowest BCUT2D eigenvalue weighted by Gasteiger charge is -2.28. The van der Waals surface area contributed by atoms with Crippen molar-refractivity contribution in [3.63, 3.8) is 0 Å². The second-order valence-electron chi connectivity index (χ2n) is 3.45. The summed E-state index contributed by atoms with van der Waals surface area (Å²) >= 11 is 0. The van der Waals surface area contributed by atoms with Crippen LogP contribution < -0.4 is 15.0 Å². The predicted molar refractivity (Wildman–Crippen MR) is 59.4 cm³/mol. The molecule has 0 radical (unpaired) electrons. The molecule has 0 unspecified atom stereocenters. The lowest BCUT2D eigenvalue weighted by atomic mass is 10.2. The highest BCUT2D eigenvalue weighted by atomic mass is 16.5. The number of nitrogens with one attached hydrogen (secondary N) is 1. The van der Waals surface area contributed by atoms with Gasteiger partial charge in [-0.25, -0.2) is 0 Å². The van der Waals surface area contributed by atoms with Crippen LogP contribution in [0.4, 0.5) is 11.4 Å². The number of hydrogen-bond donors (Lipinski definition) is 1. The fourth-order valence-electron chi connectivity index (χ4n) is 1.69. The minimum absolute atomic E-state index is 0.115. The molecule has 0 aromatic heterocycles. The Morgan fingerprint density at radius 2 is 2.44 bits per heavy atom. The molecule has 0 saturated carbocycles. The monoisotopic (exact) mass is 217 g/mol. The number of ether oxygens (including phenoxy) is 1. The minimum atomic E-state index is -0.115. The van der Waals surface area contributed by atoms with Crippen LogP contribution in [-0.4, -0.2) is 26.1 Å². The maximum Gasteiger partial charge on any atom is 0.243 e. The van der Waals surface area contributed by atoms with Crippen molar-refractivity contribution >= 4 is 17.3 Å². The van der Waals surface area contributed by atoms with E-state index in [9.17, 15) is 4.79 Å². The Balaban J connectivity index is 2.40. The van der Waals surface area contributed by atoms with E-state index in [2.05, 4.69) is 5.32 Å². The molecule has 5 heteroatoms. The Kier molecular flexibility index (Phi) is 2.64. The van der Waals surface area contributed by atoms with E-state index < -0.39 is 0 Å². The molecule has 0 bridgehead atoms. The van der Waals surface area contributed by atoms with Crippen LogP contribution in [0.2, 0.25) is 0 Å². The van der Waals surface area contributed by atoms with Crippen molar-refractivity contribution in [1.82, 2.24) is 0 Å². The van der Waals surface area contributed by atoms with Crippen LogP contribution in [-0.2, 0) is 4.79 Å². The van der Waals surface area contributed by atoms with Gasteiger partial charge in [-0.05, 0) is 12.1 Å². The Hall–Kier alpha value is -2.22. The van der Waals surface area contributed by atoms with Crippen molar-refractivity contribution in [2.45, 2.75) is 0 Å². The molecule has 1 aliphatic heterocycles. The van der Waals surface area contributed by atoms with E-state index >= 15 is 0 Å². The minimum Gasteiger partial charge on any atom is -0.497 e. The van der Waals surface area contributed by atoms with Gasteiger partial charge in [-0.15, -0.1) is 0 Å². The molecule has 0 fully saturated rings. The largest absolute Gasteiger partial charge is 0.497 e. The number of rotatable bonds is 2. The van der Waals surface area contributed by atoms with Gasteiger partial charge in [-0.1, -0.05) is 0 Å². The maximum atomic E-state index is 11.4. The number of methoxy groups -OCH3 is 1. The molecule has 5 nitrogen and oxygen atoms in total. The number of carbonyl (C=O) groups is 1. The molecule has 0 saturated heterocycles. The van der Waals surface area contributed by atoms with Gasteiger partial charge in [0.2, 0.25) is 5.91 Å². The first-order valence-corrected chi connectivity index (χ1v) is 4.84. The fourth-order valence-corrected chi connectivity index (χ4v) is 1.69. The Bertz CT molecular complexity index is 465. The van der Waals surface area contributed by atoms with Gasteiger partial charge in [0.05, 0.1) is 31.1 Å². The highest BCUT2D eigenvalue weighted by Gasteiger charge is 2.21. The second kappa shape index (κ2) is 4.11. The molecule has 0 spiro atoms. The summed E-state index contributed by atoms with van der Waals surface area (Å²) in [6, 6.07) is 7.43. The van der Waals surface area contributed by atoms with E-state index in [1.165, 1.54) is 0 Å². The Morgan fingerprint density at radius 1 is 1.62 bits per heavy atom. The molecular weight excluding hydrogens is 206 g/mol. The van der Waals surface area contributed by atoms with Crippen LogP contribution in [0.15, 0.2) is 18.2 Å². The SMILES string of the molecule is COc1ccc2c(c1)NC(=O)CN2CC#N. The van der Waals surface area contributed by atoms with Gasteiger partial charge >= 0.3 is 0 Å².